The van der Waals surface area contributed by atoms with Crippen LogP contribution in [0.25, 0.3) is 0 Å². The predicted octanol–water partition coefficient (Wildman–Crippen LogP) is 4.57. The molecule has 0 heterocycles. The molecule has 0 bridgehead atoms. The second-order valence-electron chi connectivity index (χ2n) is 5.79. The fourth-order valence-corrected chi connectivity index (χ4v) is 3.44. The van der Waals surface area contributed by atoms with E-state index >= 15 is 0 Å². The van der Waals surface area contributed by atoms with Crippen LogP contribution in [0.15, 0.2) is 40.9 Å². The Hall–Kier alpha value is -1.52. The minimum atomic E-state index is -0.0199. The number of hydrogen-bond donors (Lipinski definition) is 2. The Bertz CT molecular complexity index is 733. The van der Waals surface area contributed by atoms with Crippen molar-refractivity contribution in [2.45, 2.75) is 32.2 Å². The molecule has 0 spiro atoms. The van der Waals surface area contributed by atoms with Crippen molar-refractivity contribution >= 4 is 39.9 Å². The molecule has 0 saturated heterocycles. The van der Waals surface area contributed by atoms with E-state index in [4.69, 9.17) is 5.73 Å². The minimum absolute atomic E-state index is 0. The van der Waals surface area contributed by atoms with Crippen molar-refractivity contribution in [2.24, 2.45) is 0 Å². The fourth-order valence-electron chi connectivity index (χ4n) is 3.07. The van der Waals surface area contributed by atoms with Gasteiger partial charge in [-0.3, -0.25) is 4.79 Å². The highest BCUT2D eigenvalue weighted by Gasteiger charge is 2.23. The Balaban J connectivity index is 0.00000192. The average Bonchev–Trinajstić information content (AvgIpc) is 2.50. The fraction of sp³-hybridized carbons (Fsp3) is 0.278. The van der Waals surface area contributed by atoms with Crippen LogP contribution in [0, 0.1) is 6.92 Å². The Labute approximate surface area is 151 Å². The number of amides is 1. The van der Waals surface area contributed by atoms with Gasteiger partial charge in [0.2, 0.25) is 0 Å². The number of rotatable bonds is 2. The van der Waals surface area contributed by atoms with E-state index < -0.39 is 0 Å². The van der Waals surface area contributed by atoms with E-state index in [0.717, 1.165) is 40.5 Å². The molecule has 5 heteroatoms. The normalized spacial score (nSPS) is 16.2. The Morgan fingerprint density at radius 2 is 2.09 bits per heavy atom. The summed E-state index contributed by atoms with van der Waals surface area (Å²) in [5.74, 6) is -0.0199. The molecule has 0 saturated carbocycles. The molecule has 0 aromatic heterocycles. The molecule has 1 amide bonds. The lowest BCUT2D eigenvalue weighted by atomic mass is 9.87. The van der Waals surface area contributed by atoms with Crippen molar-refractivity contribution < 1.29 is 4.79 Å². The van der Waals surface area contributed by atoms with Crippen LogP contribution in [-0.4, -0.2) is 5.91 Å². The molecule has 1 atom stereocenters. The van der Waals surface area contributed by atoms with E-state index in [9.17, 15) is 4.79 Å². The first-order chi connectivity index (χ1) is 10.6. The molecule has 0 aliphatic heterocycles. The molecular formula is C18H20BrClN2O. The molecule has 122 valence electrons. The number of anilines is 1. The van der Waals surface area contributed by atoms with E-state index in [-0.39, 0.29) is 24.4 Å². The summed E-state index contributed by atoms with van der Waals surface area (Å²) in [6.45, 7) is 1.95. The SMILES string of the molecule is Cc1c(Br)cccc1C(=O)NC1CCCc2cc(N)ccc21.Cl. The van der Waals surface area contributed by atoms with E-state index in [0.29, 0.717) is 0 Å². The molecule has 3 rings (SSSR count). The number of nitrogen functional groups attached to an aromatic ring is 1. The van der Waals surface area contributed by atoms with Gasteiger partial charge in [0.05, 0.1) is 6.04 Å². The third kappa shape index (κ3) is 3.70. The quantitative estimate of drug-likeness (QED) is 0.732. The second kappa shape index (κ2) is 7.37. The molecule has 2 aromatic carbocycles. The zero-order chi connectivity index (χ0) is 15.7. The molecule has 23 heavy (non-hydrogen) atoms. The maximum absolute atomic E-state index is 12.6. The van der Waals surface area contributed by atoms with Gasteiger partial charge in [0, 0.05) is 15.7 Å². The molecule has 1 aliphatic rings. The van der Waals surface area contributed by atoms with Gasteiger partial charge in [-0.25, -0.2) is 0 Å². The first-order valence-electron chi connectivity index (χ1n) is 7.50. The standard InChI is InChI=1S/C18H19BrN2O.ClH/c1-11-14(5-3-6-16(11)19)18(22)21-17-7-2-4-12-10-13(20)8-9-15(12)17;/h3,5-6,8-10,17H,2,4,7,20H2,1H3,(H,21,22);1H. The summed E-state index contributed by atoms with van der Waals surface area (Å²) >= 11 is 3.48. The summed E-state index contributed by atoms with van der Waals surface area (Å²) in [4.78, 5) is 12.6. The lowest BCUT2D eigenvalue weighted by molar-refractivity contribution is 0.0932. The summed E-state index contributed by atoms with van der Waals surface area (Å²) in [7, 11) is 0. The highest BCUT2D eigenvalue weighted by atomic mass is 79.9. The van der Waals surface area contributed by atoms with Crippen molar-refractivity contribution in [3.05, 3.63) is 63.1 Å². The maximum atomic E-state index is 12.6. The van der Waals surface area contributed by atoms with E-state index in [1.54, 1.807) is 0 Å². The Morgan fingerprint density at radius 3 is 2.87 bits per heavy atom. The molecule has 3 N–H and O–H groups in total. The Morgan fingerprint density at radius 1 is 1.30 bits per heavy atom. The molecule has 0 radical (unpaired) electrons. The zero-order valence-corrected chi connectivity index (χ0v) is 15.3. The van der Waals surface area contributed by atoms with Crippen LogP contribution in [0.2, 0.25) is 0 Å². The van der Waals surface area contributed by atoms with Crippen LogP contribution < -0.4 is 11.1 Å². The highest BCUT2D eigenvalue weighted by Crippen LogP contribution is 2.31. The number of nitrogens with two attached hydrogens (primary N) is 1. The van der Waals surface area contributed by atoms with Crippen LogP contribution in [0.3, 0.4) is 0 Å². The zero-order valence-electron chi connectivity index (χ0n) is 12.9. The summed E-state index contributed by atoms with van der Waals surface area (Å²) in [6.07, 6.45) is 3.07. The topological polar surface area (TPSA) is 55.1 Å². The van der Waals surface area contributed by atoms with Crippen molar-refractivity contribution in [1.82, 2.24) is 5.32 Å². The molecule has 3 nitrogen and oxygen atoms in total. The molecule has 2 aromatic rings. The number of aryl methyl sites for hydroxylation is 1. The van der Waals surface area contributed by atoms with Crippen molar-refractivity contribution in [3.63, 3.8) is 0 Å². The van der Waals surface area contributed by atoms with Gasteiger partial charge in [0.1, 0.15) is 0 Å². The molecule has 1 unspecified atom stereocenters. The van der Waals surface area contributed by atoms with Crippen LogP contribution >= 0.6 is 28.3 Å². The maximum Gasteiger partial charge on any atom is 0.252 e. The molecule has 0 fully saturated rings. The van der Waals surface area contributed by atoms with Gasteiger partial charge in [0.25, 0.3) is 5.91 Å². The van der Waals surface area contributed by atoms with E-state index in [2.05, 4.69) is 21.2 Å². The Kier molecular flexibility index (Phi) is 5.71. The number of nitrogens with one attached hydrogen (secondary N) is 1. The predicted molar refractivity (Wildman–Crippen MR) is 100 cm³/mol. The lowest BCUT2D eigenvalue weighted by Crippen LogP contribution is -2.31. The number of carbonyl (C=O) groups is 1. The third-order valence-electron chi connectivity index (χ3n) is 4.30. The molecule has 1 aliphatic carbocycles. The summed E-state index contributed by atoms with van der Waals surface area (Å²) in [6, 6.07) is 11.7. The second-order valence-corrected chi connectivity index (χ2v) is 6.64. The summed E-state index contributed by atoms with van der Waals surface area (Å²) < 4.78 is 0.956. The van der Waals surface area contributed by atoms with Crippen molar-refractivity contribution in [3.8, 4) is 0 Å². The highest BCUT2D eigenvalue weighted by molar-refractivity contribution is 9.10. The van der Waals surface area contributed by atoms with Gasteiger partial charge in [-0.2, -0.15) is 0 Å². The number of benzene rings is 2. The number of hydrogen-bond acceptors (Lipinski definition) is 2. The van der Waals surface area contributed by atoms with Crippen LogP contribution in [0.5, 0.6) is 0 Å². The van der Waals surface area contributed by atoms with Crippen molar-refractivity contribution in [1.29, 1.82) is 0 Å². The van der Waals surface area contributed by atoms with E-state index in [1.165, 1.54) is 11.1 Å². The number of carbonyl (C=O) groups excluding carboxylic acids is 1. The van der Waals surface area contributed by atoms with Gasteiger partial charge in [-0.15, -0.1) is 12.4 Å². The van der Waals surface area contributed by atoms with Crippen LogP contribution in [0.4, 0.5) is 5.69 Å². The smallest absolute Gasteiger partial charge is 0.252 e. The third-order valence-corrected chi connectivity index (χ3v) is 5.16. The first-order valence-corrected chi connectivity index (χ1v) is 8.30. The molecular weight excluding hydrogens is 376 g/mol. The van der Waals surface area contributed by atoms with Crippen molar-refractivity contribution in [2.75, 3.05) is 5.73 Å². The van der Waals surface area contributed by atoms with Gasteiger partial charge >= 0.3 is 0 Å². The number of halogens is 2. The van der Waals surface area contributed by atoms with E-state index in [1.807, 2.05) is 43.3 Å². The first kappa shape index (κ1) is 17.8. The average molecular weight is 396 g/mol. The largest absolute Gasteiger partial charge is 0.399 e. The van der Waals surface area contributed by atoms with Crippen LogP contribution in [0.1, 0.15) is 45.9 Å². The van der Waals surface area contributed by atoms with Crippen LogP contribution in [-0.2, 0) is 6.42 Å². The summed E-state index contributed by atoms with van der Waals surface area (Å²) in [5.41, 5.74) is 10.8. The minimum Gasteiger partial charge on any atom is -0.399 e. The van der Waals surface area contributed by atoms with Gasteiger partial charge in [0.15, 0.2) is 0 Å². The van der Waals surface area contributed by atoms with Gasteiger partial charge in [-0.1, -0.05) is 28.1 Å². The lowest BCUT2D eigenvalue weighted by Gasteiger charge is -2.27. The summed E-state index contributed by atoms with van der Waals surface area (Å²) in [5, 5.41) is 3.18. The number of fused-ring (bicyclic) bond motifs is 1. The van der Waals surface area contributed by atoms with Gasteiger partial charge in [-0.05, 0) is 67.1 Å². The monoisotopic (exact) mass is 394 g/mol. The van der Waals surface area contributed by atoms with Gasteiger partial charge < -0.3 is 11.1 Å².